The number of carbonyl (C=O) groups is 3. The van der Waals surface area contributed by atoms with Crippen LogP contribution in [0.15, 0.2) is 0 Å². The summed E-state index contributed by atoms with van der Waals surface area (Å²) in [5, 5.41) is 0. The molecule has 0 saturated carbocycles. The van der Waals surface area contributed by atoms with Crippen molar-refractivity contribution in [2.24, 2.45) is 0 Å². The van der Waals surface area contributed by atoms with Gasteiger partial charge in [0.1, 0.15) is 0 Å². The van der Waals surface area contributed by atoms with E-state index in [0.717, 1.165) is 12.7 Å². The molecule has 0 bridgehead atoms. The number of carbonyl (C=O) groups excluding carboxylic acids is 3. The maximum Gasteiger partial charge on any atom is 0.374 e. The van der Waals surface area contributed by atoms with E-state index in [1.54, 1.807) is 11.8 Å². The normalized spacial score (nSPS) is 19.9. The number of thioether (sulfide) groups is 1. The van der Waals surface area contributed by atoms with Gasteiger partial charge in [-0.15, -0.1) is 0 Å². The Hall–Kier alpha value is -1.08. The van der Waals surface area contributed by atoms with E-state index in [9.17, 15) is 14.4 Å². The van der Waals surface area contributed by atoms with Crippen molar-refractivity contribution in [1.29, 1.82) is 0 Å². The zero-order valence-corrected chi connectivity index (χ0v) is 9.58. The molecule has 1 saturated heterocycles. The molecule has 0 aromatic heterocycles. The van der Waals surface area contributed by atoms with Crippen LogP contribution in [0.3, 0.4) is 0 Å². The van der Waals surface area contributed by atoms with Gasteiger partial charge in [0.15, 0.2) is 6.61 Å². The smallest absolute Gasteiger partial charge is 0.374 e. The Morgan fingerprint density at radius 2 is 2.19 bits per heavy atom. The average Bonchev–Trinajstić information content (AvgIpc) is 2.27. The predicted molar refractivity (Wildman–Crippen MR) is 54.8 cm³/mol. The summed E-state index contributed by atoms with van der Waals surface area (Å²) >= 11 is 1.61. The lowest BCUT2D eigenvalue weighted by Gasteiger charge is -2.21. The number of Topliss-reactive ketones (excluding diaryl/α,β-unsaturated/α-hetero) is 1. The van der Waals surface area contributed by atoms with E-state index in [1.165, 1.54) is 0 Å². The largest absolute Gasteiger partial charge is 0.448 e. The van der Waals surface area contributed by atoms with Gasteiger partial charge in [-0.1, -0.05) is 0 Å². The molecule has 0 radical (unpaired) electrons. The first kappa shape index (κ1) is 13.0. The number of hydrogen-bond donors (Lipinski definition) is 0. The molecule has 0 aromatic rings. The highest BCUT2D eigenvalue weighted by Gasteiger charge is 2.20. The number of hydrogen-bond acceptors (Lipinski definition) is 7. The van der Waals surface area contributed by atoms with Crippen LogP contribution < -0.4 is 0 Å². The second-order valence-corrected chi connectivity index (χ2v) is 4.15. The zero-order valence-electron chi connectivity index (χ0n) is 8.76. The summed E-state index contributed by atoms with van der Waals surface area (Å²) in [6.07, 6.45) is -0.595. The Labute approximate surface area is 96.6 Å². The molecule has 0 spiro atoms. The molecule has 1 rings (SSSR count). The Balaban J connectivity index is 2.19. The highest BCUT2D eigenvalue weighted by molar-refractivity contribution is 7.99. The van der Waals surface area contributed by atoms with Gasteiger partial charge in [-0.2, -0.15) is 11.8 Å². The van der Waals surface area contributed by atoms with E-state index < -0.39 is 30.6 Å². The van der Waals surface area contributed by atoms with Crippen LogP contribution in [0.25, 0.3) is 0 Å². The second-order valence-electron chi connectivity index (χ2n) is 3.00. The molecule has 1 heterocycles. The summed E-state index contributed by atoms with van der Waals surface area (Å²) in [4.78, 5) is 32.4. The maximum atomic E-state index is 11.1. The summed E-state index contributed by atoms with van der Waals surface area (Å²) < 4.78 is 14.4. The van der Waals surface area contributed by atoms with Crippen LogP contribution in [0.1, 0.15) is 6.92 Å². The van der Waals surface area contributed by atoms with E-state index in [4.69, 9.17) is 9.47 Å². The third-order valence-electron chi connectivity index (χ3n) is 1.66. The van der Waals surface area contributed by atoms with E-state index in [1.807, 2.05) is 0 Å². The Morgan fingerprint density at radius 1 is 1.44 bits per heavy atom. The van der Waals surface area contributed by atoms with E-state index in [0.29, 0.717) is 12.4 Å². The van der Waals surface area contributed by atoms with E-state index in [2.05, 4.69) is 4.74 Å². The number of rotatable bonds is 4. The topological polar surface area (TPSA) is 78.9 Å². The van der Waals surface area contributed by atoms with Gasteiger partial charge in [-0.25, -0.2) is 9.59 Å². The fourth-order valence-corrected chi connectivity index (χ4v) is 1.68. The number of esters is 2. The fraction of sp³-hybridized carbons (Fsp3) is 0.667. The molecule has 0 amide bonds. The van der Waals surface area contributed by atoms with Crippen molar-refractivity contribution in [3.63, 3.8) is 0 Å². The Bertz CT molecular complexity index is 284. The zero-order chi connectivity index (χ0) is 12.0. The van der Waals surface area contributed by atoms with Gasteiger partial charge >= 0.3 is 11.9 Å². The highest BCUT2D eigenvalue weighted by Crippen LogP contribution is 2.13. The molecule has 1 aliphatic rings. The third-order valence-corrected chi connectivity index (χ3v) is 2.62. The molecule has 0 aromatic carbocycles. The van der Waals surface area contributed by atoms with Crippen LogP contribution in [-0.2, 0) is 28.6 Å². The van der Waals surface area contributed by atoms with Gasteiger partial charge in [-0.3, -0.25) is 4.79 Å². The first-order valence-electron chi connectivity index (χ1n) is 4.66. The van der Waals surface area contributed by atoms with Crippen LogP contribution in [0, 0.1) is 0 Å². The quantitative estimate of drug-likeness (QED) is 0.501. The van der Waals surface area contributed by atoms with Crippen LogP contribution in [0.5, 0.6) is 0 Å². The van der Waals surface area contributed by atoms with Crippen molar-refractivity contribution >= 4 is 29.5 Å². The monoisotopic (exact) mass is 248 g/mol. The van der Waals surface area contributed by atoms with Crippen molar-refractivity contribution in [2.75, 3.05) is 24.7 Å². The van der Waals surface area contributed by atoms with E-state index in [-0.39, 0.29) is 0 Å². The Morgan fingerprint density at radius 3 is 2.75 bits per heavy atom. The standard InChI is InChI=1S/C9H12O6S/c1-6(10)9(12)14-4-7(11)15-8-5-16-3-2-13-8/h8H,2-5H2,1H3. The molecular weight excluding hydrogens is 236 g/mol. The lowest BCUT2D eigenvalue weighted by atomic mass is 10.5. The molecule has 1 aliphatic heterocycles. The van der Waals surface area contributed by atoms with Crippen molar-refractivity contribution < 1.29 is 28.6 Å². The van der Waals surface area contributed by atoms with Gasteiger partial charge in [0, 0.05) is 12.7 Å². The lowest BCUT2D eigenvalue weighted by molar-refractivity contribution is -0.181. The van der Waals surface area contributed by atoms with Gasteiger partial charge in [0.25, 0.3) is 0 Å². The fourth-order valence-electron chi connectivity index (χ4n) is 0.941. The first-order chi connectivity index (χ1) is 7.59. The Kier molecular flexibility index (Phi) is 5.27. The molecule has 0 N–H and O–H groups in total. The summed E-state index contributed by atoms with van der Waals surface area (Å²) in [6, 6.07) is 0. The average molecular weight is 248 g/mol. The van der Waals surface area contributed by atoms with Crippen molar-refractivity contribution in [3.05, 3.63) is 0 Å². The van der Waals surface area contributed by atoms with Crippen LogP contribution >= 0.6 is 11.8 Å². The van der Waals surface area contributed by atoms with Crippen LogP contribution in [0.4, 0.5) is 0 Å². The van der Waals surface area contributed by atoms with Crippen molar-refractivity contribution in [3.8, 4) is 0 Å². The van der Waals surface area contributed by atoms with Crippen LogP contribution in [-0.4, -0.2) is 48.7 Å². The summed E-state index contributed by atoms with van der Waals surface area (Å²) in [6.45, 7) is 1.02. The van der Waals surface area contributed by atoms with Crippen molar-refractivity contribution in [1.82, 2.24) is 0 Å². The lowest BCUT2D eigenvalue weighted by Crippen LogP contribution is -2.31. The summed E-state index contributed by atoms with van der Waals surface area (Å²) in [7, 11) is 0. The SMILES string of the molecule is CC(=O)C(=O)OCC(=O)OC1CSCCO1. The van der Waals surface area contributed by atoms with Gasteiger partial charge in [0.2, 0.25) is 12.1 Å². The summed E-state index contributed by atoms with van der Waals surface area (Å²) in [5.41, 5.74) is 0. The number of ether oxygens (including phenoxy) is 3. The molecule has 1 fully saturated rings. The molecule has 90 valence electrons. The minimum Gasteiger partial charge on any atom is -0.448 e. The molecule has 7 heteroatoms. The minimum absolute atomic E-state index is 0.524. The van der Waals surface area contributed by atoms with E-state index >= 15 is 0 Å². The van der Waals surface area contributed by atoms with Crippen molar-refractivity contribution in [2.45, 2.75) is 13.2 Å². The van der Waals surface area contributed by atoms with Gasteiger partial charge < -0.3 is 14.2 Å². The molecule has 1 unspecified atom stereocenters. The first-order valence-corrected chi connectivity index (χ1v) is 5.81. The third kappa shape index (κ3) is 4.63. The maximum absolute atomic E-state index is 11.1. The second kappa shape index (κ2) is 6.49. The molecule has 1 atom stereocenters. The molecular formula is C9H12O6S. The number of ketones is 1. The van der Waals surface area contributed by atoms with Gasteiger partial charge in [-0.05, 0) is 0 Å². The predicted octanol–water partition coefficient (Wildman–Crippen LogP) is -0.249. The molecule has 6 nitrogen and oxygen atoms in total. The minimum atomic E-state index is -1.05. The summed E-state index contributed by atoms with van der Waals surface area (Å²) in [5.74, 6) is -1.09. The highest BCUT2D eigenvalue weighted by atomic mass is 32.2. The molecule has 16 heavy (non-hydrogen) atoms. The van der Waals surface area contributed by atoms with Gasteiger partial charge in [0.05, 0.1) is 12.4 Å². The molecule has 0 aliphatic carbocycles. The van der Waals surface area contributed by atoms with Crippen LogP contribution in [0.2, 0.25) is 0 Å².